The number of carbonyl (C=O) groups excluding carboxylic acids is 2. The third-order valence-corrected chi connectivity index (χ3v) is 6.05. The van der Waals surface area contributed by atoms with E-state index in [1.807, 2.05) is 6.07 Å². The van der Waals surface area contributed by atoms with Gasteiger partial charge in [-0.15, -0.1) is 0 Å². The second kappa shape index (κ2) is 10.2. The van der Waals surface area contributed by atoms with Crippen LogP contribution in [0.1, 0.15) is 18.4 Å². The molecule has 2 N–H and O–H groups in total. The van der Waals surface area contributed by atoms with Crippen molar-refractivity contribution in [1.29, 1.82) is 0 Å². The Morgan fingerprint density at radius 2 is 1.83 bits per heavy atom. The van der Waals surface area contributed by atoms with Gasteiger partial charge in [0.15, 0.2) is 0 Å². The maximum atomic E-state index is 12.6. The molecule has 30 heavy (non-hydrogen) atoms. The second-order valence-corrected chi connectivity index (χ2v) is 8.37. The number of nitrogens with one attached hydrogen (secondary N) is 1. The van der Waals surface area contributed by atoms with E-state index < -0.39 is 0 Å². The number of hydrogen-bond donors (Lipinski definition) is 2. The molecule has 0 unspecified atom stereocenters. The molecule has 3 rings (SSSR count). The summed E-state index contributed by atoms with van der Waals surface area (Å²) >= 11 is 12.0. The van der Waals surface area contributed by atoms with Crippen LogP contribution < -0.4 is 5.32 Å². The number of carbonyl (C=O) groups is 2. The normalized spacial score (nSPS) is 15.0. The molecule has 0 atom stereocenters. The van der Waals surface area contributed by atoms with Gasteiger partial charge in [0.25, 0.3) is 0 Å². The number of likely N-dealkylation sites (tertiary alicyclic amines) is 1. The summed E-state index contributed by atoms with van der Waals surface area (Å²) in [7, 11) is 1.76. The zero-order valence-electron chi connectivity index (χ0n) is 16.8. The minimum Gasteiger partial charge on any atom is -0.506 e. The van der Waals surface area contributed by atoms with Gasteiger partial charge < -0.3 is 15.3 Å². The molecule has 0 saturated carbocycles. The van der Waals surface area contributed by atoms with Gasteiger partial charge in [-0.1, -0.05) is 41.4 Å². The molecule has 160 valence electrons. The summed E-state index contributed by atoms with van der Waals surface area (Å²) in [5.41, 5.74) is 1.34. The lowest BCUT2D eigenvalue weighted by molar-refractivity contribution is -0.132. The van der Waals surface area contributed by atoms with Gasteiger partial charge >= 0.3 is 0 Å². The van der Waals surface area contributed by atoms with Crippen molar-refractivity contribution in [3.05, 3.63) is 58.1 Å². The highest BCUT2D eigenvalue weighted by Gasteiger charge is 2.27. The summed E-state index contributed by atoms with van der Waals surface area (Å²) in [6.07, 6.45) is 1.34. The summed E-state index contributed by atoms with van der Waals surface area (Å²) in [6, 6.07) is 12.0. The average molecular weight is 450 g/mol. The molecule has 2 amide bonds. The second-order valence-electron chi connectivity index (χ2n) is 7.56. The Kier molecular flexibility index (Phi) is 7.58. The van der Waals surface area contributed by atoms with Crippen molar-refractivity contribution in [3.8, 4) is 5.75 Å². The van der Waals surface area contributed by atoms with Crippen LogP contribution in [0.4, 0.5) is 5.69 Å². The number of anilines is 1. The highest BCUT2D eigenvalue weighted by Crippen LogP contribution is 2.25. The van der Waals surface area contributed by atoms with Crippen LogP contribution in [0.2, 0.25) is 10.0 Å². The molecule has 1 aliphatic rings. The summed E-state index contributed by atoms with van der Waals surface area (Å²) in [5.74, 6) is -0.166. The largest absolute Gasteiger partial charge is 0.506 e. The maximum absolute atomic E-state index is 12.6. The minimum atomic E-state index is -0.134. The van der Waals surface area contributed by atoms with Crippen LogP contribution >= 0.6 is 23.2 Å². The zero-order chi connectivity index (χ0) is 21.7. The number of rotatable bonds is 6. The third-order valence-electron chi connectivity index (χ3n) is 5.31. The Balaban J connectivity index is 1.45. The first-order chi connectivity index (χ1) is 14.3. The van der Waals surface area contributed by atoms with Crippen molar-refractivity contribution < 1.29 is 14.7 Å². The van der Waals surface area contributed by atoms with Crippen LogP contribution in [-0.4, -0.2) is 53.4 Å². The van der Waals surface area contributed by atoms with E-state index in [-0.39, 0.29) is 23.5 Å². The van der Waals surface area contributed by atoms with E-state index in [0.717, 1.165) is 5.56 Å². The van der Waals surface area contributed by atoms with E-state index >= 15 is 0 Å². The molecule has 2 aromatic carbocycles. The fourth-order valence-corrected chi connectivity index (χ4v) is 3.80. The molecular formula is C22H25Cl2N3O3. The van der Waals surface area contributed by atoms with Crippen molar-refractivity contribution in [2.24, 2.45) is 5.92 Å². The van der Waals surface area contributed by atoms with Crippen LogP contribution in [0.15, 0.2) is 42.5 Å². The topological polar surface area (TPSA) is 72.9 Å². The first kappa shape index (κ1) is 22.4. The SMILES string of the molecule is CN(Cc1ccc(Cl)c(Cl)c1)C(=O)CN1CCC(C(=O)Nc2ccccc2O)CC1. The maximum Gasteiger partial charge on any atom is 0.236 e. The Labute approximate surface area is 186 Å². The van der Waals surface area contributed by atoms with Gasteiger partial charge in [-0.3, -0.25) is 14.5 Å². The Morgan fingerprint density at radius 1 is 1.13 bits per heavy atom. The number of halogens is 2. The number of aromatic hydroxyl groups is 1. The highest BCUT2D eigenvalue weighted by molar-refractivity contribution is 6.42. The summed E-state index contributed by atoms with van der Waals surface area (Å²) < 4.78 is 0. The van der Waals surface area contributed by atoms with Gasteiger partial charge in [-0.2, -0.15) is 0 Å². The number of likely N-dealkylation sites (N-methyl/N-ethyl adjacent to an activating group) is 1. The third kappa shape index (κ3) is 5.88. The molecule has 0 aliphatic carbocycles. The van der Waals surface area contributed by atoms with E-state index in [2.05, 4.69) is 10.2 Å². The van der Waals surface area contributed by atoms with Crippen molar-refractivity contribution in [2.75, 3.05) is 32.0 Å². The van der Waals surface area contributed by atoms with E-state index in [9.17, 15) is 14.7 Å². The monoisotopic (exact) mass is 449 g/mol. The number of piperidine rings is 1. The number of benzene rings is 2. The molecule has 8 heteroatoms. The first-order valence-corrected chi connectivity index (χ1v) is 10.6. The van der Waals surface area contributed by atoms with Gasteiger partial charge in [0.2, 0.25) is 11.8 Å². The van der Waals surface area contributed by atoms with Gasteiger partial charge in [0.05, 0.1) is 22.3 Å². The van der Waals surface area contributed by atoms with E-state index in [0.29, 0.717) is 54.8 Å². The van der Waals surface area contributed by atoms with Crippen molar-refractivity contribution in [3.63, 3.8) is 0 Å². The van der Waals surface area contributed by atoms with Crippen molar-refractivity contribution >= 4 is 40.7 Å². The van der Waals surface area contributed by atoms with E-state index in [1.165, 1.54) is 6.07 Å². The minimum absolute atomic E-state index is 0.0122. The quantitative estimate of drug-likeness (QED) is 0.653. The molecule has 2 aromatic rings. The van der Waals surface area contributed by atoms with Crippen LogP contribution in [0.25, 0.3) is 0 Å². The predicted molar refractivity (Wildman–Crippen MR) is 119 cm³/mol. The van der Waals surface area contributed by atoms with E-state index in [4.69, 9.17) is 23.2 Å². The predicted octanol–water partition coefficient (Wildman–Crippen LogP) is 4.01. The Hall–Kier alpha value is -2.28. The zero-order valence-corrected chi connectivity index (χ0v) is 18.3. The van der Waals surface area contributed by atoms with Crippen LogP contribution in [0.3, 0.4) is 0 Å². The molecule has 1 aliphatic heterocycles. The molecule has 0 spiro atoms. The number of para-hydroxylation sites is 2. The summed E-state index contributed by atoms with van der Waals surface area (Å²) in [6.45, 7) is 2.11. The highest BCUT2D eigenvalue weighted by atomic mass is 35.5. The average Bonchev–Trinajstić information content (AvgIpc) is 2.73. The summed E-state index contributed by atoms with van der Waals surface area (Å²) in [5, 5.41) is 13.6. The fourth-order valence-electron chi connectivity index (χ4n) is 3.48. The standard InChI is InChI=1S/C22H25Cl2N3O3/c1-26(13-15-6-7-17(23)18(24)12-15)21(29)14-27-10-8-16(9-11-27)22(30)25-19-4-2-3-5-20(19)28/h2-7,12,16,28H,8-11,13-14H2,1H3,(H,25,30). The molecule has 0 bridgehead atoms. The lowest BCUT2D eigenvalue weighted by Gasteiger charge is -2.32. The number of phenolic OH excluding ortho intramolecular Hbond substituents is 1. The van der Waals surface area contributed by atoms with Crippen LogP contribution in [0, 0.1) is 5.92 Å². The van der Waals surface area contributed by atoms with E-state index in [1.54, 1.807) is 42.3 Å². The van der Waals surface area contributed by atoms with Gasteiger partial charge in [0.1, 0.15) is 5.75 Å². The summed E-state index contributed by atoms with van der Waals surface area (Å²) in [4.78, 5) is 28.8. The number of hydrogen-bond acceptors (Lipinski definition) is 4. The molecule has 0 aromatic heterocycles. The number of amides is 2. The van der Waals surface area contributed by atoms with Gasteiger partial charge in [-0.25, -0.2) is 0 Å². The smallest absolute Gasteiger partial charge is 0.236 e. The van der Waals surface area contributed by atoms with Crippen LogP contribution in [0.5, 0.6) is 5.75 Å². The molecule has 6 nitrogen and oxygen atoms in total. The van der Waals surface area contributed by atoms with Crippen molar-refractivity contribution in [1.82, 2.24) is 9.80 Å². The fraction of sp³-hybridized carbons (Fsp3) is 0.364. The van der Waals surface area contributed by atoms with Crippen molar-refractivity contribution in [2.45, 2.75) is 19.4 Å². The Morgan fingerprint density at radius 3 is 2.50 bits per heavy atom. The molecule has 1 heterocycles. The molecule has 1 fully saturated rings. The first-order valence-electron chi connectivity index (χ1n) is 9.82. The Bertz CT molecular complexity index is 914. The number of nitrogens with zero attached hydrogens (tertiary/aromatic N) is 2. The lowest BCUT2D eigenvalue weighted by Crippen LogP contribution is -2.43. The van der Waals surface area contributed by atoms with Gasteiger partial charge in [-0.05, 0) is 55.8 Å². The molecular weight excluding hydrogens is 425 g/mol. The van der Waals surface area contributed by atoms with Gasteiger partial charge in [0, 0.05) is 19.5 Å². The van der Waals surface area contributed by atoms with Crippen LogP contribution in [-0.2, 0) is 16.1 Å². The molecule has 1 saturated heterocycles. The lowest BCUT2D eigenvalue weighted by atomic mass is 9.95. The number of phenols is 1. The molecule has 0 radical (unpaired) electrons.